The SMILES string of the molecule is CC(C)CC(=O)Cl.CC(N)=S.COc1ccc(-c2nc(C)sc2C(C)C)cc1.COc1ccc(C(=O)C(Br)C(C)C)cc1.COc1ccc(C(=O)CC(C)C)cc1.COc1ccccc1.Cc1nc(-c2ccc(O)cc2)c(C(C)C)s1. The van der Waals surface area contributed by atoms with Gasteiger partial charge in [0.25, 0.3) is 0 Å². The van der Waals surface area contributed by atoms with E-state index in [0.29, 0.717) is 58.7 Å². The lowest BCUT2D eigenvalue weighted by atomic mass is 10.0. The van der Waals surface area contributed by atoms with Crippen LogP contribution in [0.15, 0.2) is 127 Å². The molecular weight excluding hydrogens is 1160 g/mol. The molecule has 0 fully saturated rings. The zero-order chi connectivity index (χ0) is 61.4. The summed E-state index contributed by atoms with van der Waals surface area (Å²) in [7, 11) is 6.57. The fourth-order valence-corrected chi connectivity index (χ4v) is 9.29. The lowest BCUT2D eigenvalue weighted by molar-refractivity contribution is -0.112. The Bertz CT molecular complexity index is 2890. The van der Waals surface area contributed by atoms with Gasteiger partial charge in [-0.1, -0.05) is 116 Å². The summed E-state index contributed by atoms with van der Waals surface area (Å²) in [6, 6.07) is 39.4. The van der Waals surface area contributed by atoms with E-state index in [1.165, 1.54) is 15.3 Å². The Labute approximate surface area is 510 Å². The zero-order valence-corrected chi connectivity index (χ0v) is 55.1. The maximum absolute atomic E-state index is 11.9. The molecule has 0 spiro atoms. The smallest absolute Gasteiger partial charge is 0.221 e. The molecule has 5 aromatic carbocycles. The molecule has 81 heavy (non-hydrogen) atoms. The Kier molecular flexibility index (Phi) is 35.6. The van der Waals surface area contributed by atoms with Crippen LogP contribution in [0.25, 0.3) is 22.5 Å². The van der Waals surface area contributed by atoms with Crippen LogP contribution in [0.3, 0.4) is 0 Å². The Morgan fingerprint density at radius 2 is 0.901 bits per heavy atom. The van der Waals surface area contributed by atoms with Crippen molar-refractivity contribution in [1.82, 2.24) is 9.97 Å². The number of nitrogens with two attached hydrogens (primary N) is 1. The second-order valence-electron chi connectivity index (χ2n) is 20.0. The van der Waals surface area contributed by atoms with Crippen LogP contribution in [0.5, 0.6) is 28.7 Å². The highest BCUT2D eigenvalue weighted by Crippen LogP contribution is 2.35. The molecule has 0 aliphatic rings. The molecule has 0 aliphatic carbocycles. The molecule has 16 heteroatoms. The van der Waals surface area contributed by atoms with Crippen molar-refractivity contribution in [3.8, 4) is 51.3 Å². The summed E-state index contributed by atoms with van der Waals surface area (Å²) in [4.78, 5) is 45.8. The van der Waals surface area contributed by atoms with E-state index < -0.39 is 0 Å². The lowest BCUT2D eigenvalue weighted by Gasteiger charge is -2.12. The van der Waals surface area contributed by atoms with Gasteiger partial charge in [-0.05, 0) is 171 Å². The fourth-order valence-electron chi connectivity index (χ4n) is 6.81. The van der Waals surface area contributed by atoms with Crippen molar-refractivity contribution in [1.29, 1.82) is 0 Å². The Balaban J connectivity index is 0.000000490. The van der Waals surface area contributed by atoms with Gasteiger partial charge in [-0.3, -0.25) is 14.4 Å². The molecule has 0 aliphatic heterocycles. The lowest BCUT2D eigenvalue weighted by Crippen LogP contribution is -2.19. The van der Waals surface area contributed by atoms with E-state index in [0.717, 1.165) is 55.5 Å². The molecule has 0 saturated carbocycles. The normalized spacial score (nSPS) is 10.6. The fraction of sp³-hybridized carbons (Fsp3) is 0.385. The summed E-state index contributed by atoms with van der Waals surface area (Å²) in [6.07, 6.45) is 1.09. The van der Waals surface area contributed by atoms with E-state index in [9.17, 15) is 19.5 Å². The average Bonchev–Trinajstić information content (AvgIpc) is 4.13. The summed E-state index contributed by atoms with van der Waals surface area (Å²) >= 11 is 16.3. The van der Waals surface area contributed by atoms with Gasteiger partial charge < -0.3 is 29.8 Å². The van der Waals surface area contributed by atoms with Gasteiger partial charge >= 0.3 is 0 Å². The molecule has 2 aromatic heterocycles. The van der Waals surface area contributed by atoms with E-state index in [1.54, 1.807) is 94.4 Å². The monoisotopic (exact) mass is 1250 g/mol. The molecular formula is C65H85BrClN3O8S3. The van der Waals surface area contributed by atoms with Crippen molar-refractivity contribution in [2.75, 3.05) is 28.4 Å². The number of hydrogen-bond donors (Lipinski definition) is 2. The molecule has 1 atom stereocenters. The number of ketones is 2. The molecule has 3 N–H and O–H groups in total. The standard InChI is InChI=1S/C14H17NOS.C13H15NOS.C12H15BrO2.C12H16O2.C7H8O.C5H9ClO.C2H5NS/c1-9(2)14-13(15-10(3)17-14)11-5-7-12(16-4)8-6-11;1-8(2)13-12(14-9(3)16-13)10-4-6-11(15)7-5-10;1-8(2)11(13)12(14)9-4-6-10(15-3)7-5-9;1-9(2)8-12(13)10-4-6-11(14-3)7-5-10;1-8-7-5-3-2-4-6-7;1-4(2)3-5(6)7;1-2(3)4/h5-9H,1-4H3;4-8,15H,1-3H3;4-8,11H,1-3H3;4-7,9H,8H2,1-3H3;2-6H,1H3;4H,3H2,1-2H3;1H3,(H2,3,4). The van der Waals surface area contributed by atoms with Gasteiger partial charge in [0, 0.05) is 44.8 Å². The number of benzene rings is 5. The number of methoxy groups -OCH3 is 4. The van der Waals surface area contributed by atoms with Crippen LogP contribution in [0.1, 0.15) is 141 Å². The quantitative estimate of drug-likeness (QED) is 0.0409. The van der Waals surface area contributed by atoms with Crippen LogP contribution in [-0.2, 0) is 4.79 Å². The molecule has 7 aromatic rings. The number of hydrogen-bond acceptors (Lipinski definition) is 13. The Morgan fingerprint density at radius 3 is 1.20 bits per heavy atom. The number of para-hydroxylation sites is 1. The average molecular weight is 1250 g/mol. The number of Topliss-reactive ketones (excluding diaryl/α,β-unsaturated/α-hetero) is 2. The first-order chi connectivity index (χ1) is 38.2. The number of carbonyl (C=O) groups excluding carboxylic acids is 3. The molecule has 1 unspecified atom stereocenters. The second kappa shape index (κ2) is 39.5. The van der Waals surface area contributed by atoms with E-state index in [4.69, 9.17) is 36.3 Å². The third-order valence-corrected chi connectivity index (χ3v) is 15.0. The number of thiocarbonyl (C=S) groups is 1. The first-order valence-corrected chi connectivity index (χ1v) is 29.9. The summed E-state index contributed by atoms with van der Waals surface area (Å²) in [5, 5.41) is 11.2. The number of carbonyl (C=O) groups is 3. The predicted octanol–water partition coefficient (Wildman–Crippen LogP) is 18.2. The Hall–Kier alpha value is -5.97. The van der Waals surface area contributed by atoms with Crippen LogP contribution >= 0.6 is 62.4 Å². The zero-order valence-electron chi connectivity index (χ0n) is 50.3. The maximum Gasteiger partial charge on any atom is 0.221 e. The first kappa shape index (κ1) is 73.0. The highest BCUT2D eigenvalue weighted by molar-refractivity contribution is 9.10. The number of aryl methyl sites for hydroxylation is 2. The molecule has 11 nitrogen and oxygen atoms in total. The number of aromatic hydroxyl groups is 1. The van der Waals surface area contributed by atoms with E-state index >= 15 is 0 Å². The molecule has 0 saturated heterocycles. The first-order valence-electron chi connectivity index (χ1n) is 26.6. The number of ether oxygens (including phenoxy) is 4. The van der Waals surface area contributed by atoms with Gasteiger partial charge in [-0.25, -0.2) is 9.97 Å². The van der Waals surface area contributed by atoms with E-state index in [2.05, 4.69) is 84.9 Å². The van der Waals surface area contributed by atoms with Gasteiger partial charge in [-0.15, -0.1) is 22.7 Å². The van der Waals surface area contributed by atoms with Crippen molar-refractivity contribution in [2.45, 2.75) is 120 Å². The third kappa shape index (κ3) is 29.5. The largest absolute Gasteiger partial charge is 0.508 e. The van der Waals surface area contributed by atoms with Crippen molar-refractivity contribution in [3.05, 3.63) is 158 Å². The number of thiazole rings is 2. The van der Waals surface area contributed by atoms with E-state index in [1.807, 2.05) is 127 Å². The summed E-state index contributed by atoms with van der Waals surface area (Å²) in [5.74, 6) is 6.03. The topological polar surface area (TPSA) is 160 Å². The maximum atomic E-state index is 11.9. The number of phenols is 1. The molecule has 440 valence electrons. The molecule has 2 heterocycles. The molecule has 7 rings (SSSR count). The number of alkyl halides is 1. The van der Waals surface area contributed by atoms with Gasteiger partial charge in [0.1, 0.15) is 28.7 Å². The minimum atomic E-state index is -0.241. The van der Waals surface area contributed by atoms with Crippen LogP contribution in [0.2, 0.25) is 0 Å². The predicted molar refractivity (Wildman–Crippen MR) is 348 cm³/mol. The highest BCUT2D eigenvalue weighted by atomic mass is 79.9. The third-order valence-electron chi connectivity index (χ3n) is 10.8. The summed E-state index contributed by atoms with van der Waals surface area (Å²) in [5.41, 5.74) is 10.7. The van der Waals surface area contributed by atoms with Crippen molar-refractivity contribution < 1.29 is 38.4 Å². The van der Waals surface area contributed by atoms with Crippen LogP contribution < -0.4 is 24.7 Å². The Morgan fingerprint density at radius 1 is 0.568 bits per heavy atom. The minimum absolute atomic E-state index is 0.118. The van der Waals surface area contributed by atoms with Gasteiger partial charge in [0.05, 0.1) is 59.7 Å². The van der Waals surface area contributed by atoms with Crippen LogP contribution in [-0.4, -0.2) is 70.1 Å². The van der Waals surface area contributed by atoms with Crippen molar-refractivity contribution in [2.24, 2.45) is 23.5 Å². The second-order valence-corrected chi connectivity index (χ2v) is 24.6. The van der Waals surface area contributed by atoms with Crippen LogP contribution in [0, 0.1) is 31.6 Å². The number of aromatic nitrogens is 2. The van der Waals surface area contributed by atoms with Gasteiger partial charge in [0.2, 0.25) is 5.24 Å². The minimum Gasteiger partial charge on any atom is -0.508 e. The van der Waals surface area contributed by atoms with E-state index in [-0.39, 0.29) is 21.6 Å². The summed E-state index contributed by atoms with van der Waals surface area (Å²) in [6.45, 7) is 26.6. The van der Waals surface area contributed by atoms with Crippen molar-refractivity contribution in [3.63, 3.8) is 0 Å². The van der Waals surface area contributed by atoms with Gasteiger partial charge in [0.15, 0.2) is 11.6 Å². The molecule has 0 bridgehead atoms. The number of nitrogens with zero attached hydrogens (tertiary/aromatic N) is 2. The molecule has 0 radical (unpaired) electrons. The van der Waals surface area contributed by atoms with Crippen molar-refractivity contribution >= 4 is 84.2 Å². The van der Waals surface area contributed by atoms with Crippen LogP contribution in [0.4, 0.5) is 0 Å². The number of rotatable bonds is 16. The number of phenolic OH excluding ortho intramolecular Hbond substituents is 1. The highest BCUT2D eigenvalue weighted by Gasteiger charge is 2.20. The van der Waals surface area contributed by atoms with Gasteiger partial charge in [-0.2, -0.15) is 0 Å². The molecule has 0 amide bonds. The number of halogens is 2. The summed E-state index contributed by atoms with van der Waals surface area (Å²) < 4.78 is 20.1.